The fraction of sp³-hybridized carbons (Fsp3) is 0.200. The second-order valence-electron chi connectivity index (χ2n) is 4.44. The molecule has 1 N–H and O–H groups in total. The molecule has 2 aromatic carbocycles. The van der Waals surface area contributed by atoms with Crippen molar-refractivity contribution in [1.82, 2.24) is 0 Å². The maximum absolute atomic E-state index is 9.42. The first-order chi connectivity index (χ1) is 8.37. The van der Waals surface area contributed by atoms with Crippen molar-refractivity contribution in [1.29, 1.82) is 0 Å². The van der Waals surface area contributed by atoms with Crippen LogP contribution in [0.4, 0.5) is 0 Å². The van der Waals surface area contributed by atoms with Crippen molar-refractivity contribution in [2.24, 2.45) is 0 Å². The van der Waals surface area contributed by atoms with Gasteiger partial charge >= 0.3 is 0 Å². The summed E-state index contributed by atoms with van der Waals surface area (Å²) in [6.07, 6.45) is 1.72. The van der Waals surface area contributed by atoms with E-state index in [1.54, 1.807) is 0 Å². The predicted octanol–water partition coefficient (Wildman–Crippen LogP) is 3.37. The molecule has 0 heterocycles. The molecule has 1 atom stereocenters. The smallest absolute Gasteiger partial charge is 0.154 e. The van der Waals surface area contributed by atoms with Gasteiger partial charge in [0.05, 0.1) is 0 Å². The number of fused-ring (bicyclic) bond motifs is 1. The lowest BCUT2D eigenvalue weighted by Crippen LogP contribution is -2.27. The van der Waals surface area contributed by atoms with Gasteiger partial charge in [0.2, 0.25) is 0 Å². The van der Waals surface area contributed by atoms with E-state index < -0.39 is 5.60 Å². The third-order valence-corrected chi connectivity index (χ3v) is 3.59. The first-order valence-corrected chi connectivity index (χ1v) is 5.83. The molecule has 0 saturated carbocycles. The first-order valence-electron chi connectivity index (χ1n) is 5.83. The second kappa shape index (κ2) is 3.99. The third kappa shape index (κ3) is 1.49. The Labute approximate surface area is 100 Å². The zero-order valence-corrected chi connectivity index (χ0v) is 9.47. The standard InChI is InChI=1S/C15H14O2/c16-17-15(13-7-2-1-3-8-13)11-10-12-6-4-5-9-14(12)15/h1-9,16H,10-11H2. The van der Waals surface area contributed by atoms with Crippen molar-refractivity contribution in [3.8, 4) is 0 Å². The Bertz CT molecular complexity index is 521. The minimum Gasteiger partial charge on any atom is -0.251 e. The summed E-state index contributed by atoms with van der Waals surface area (Å²) in [7, 11) is 0. The van der Waals surface area contributed by atoms with Crippen LogP contribution in [0, 0.1) is 0 Å². The molecular formula is C15H14O2. The van der Waals surface area contributed by atoms with Crippen LogP contribution in [0.25, 0.3) is 0 Å². The summed E-state index contributed by atoms with van der Waals surface area (Å²) in [5.41, 5.74) is 2.66. The summed E-state index contributed by atoms with van der Waals surface area (Å²) in [5.74, 6) is 0. The number of rotatable bonds is 2. The van der Waals surface area contributed by atoms with Crippen LogP contribution >= 0.6 is 0 Å². The summed E-state index contributed by atoms with van der Waals surface area (Å²) in [5, 5.41) is 9.42. The van der Waals surface area contributed by atoms with Crippen molar-refractivity contribution < 1.29 is 10.1 Å². The average Bonchev–Trinajstić information content (AvgIpc) is 2.80. The van der Waals surface area contributed by atoms with Gasteiger partial charge in [0.15, 0.2) is 5.60 Å². The van der Waals surface area contributed by atoms with Crippen LogP contribution in [-0.4, -0.2) is 5.26 Å². The average molecular weight is 226 g/mol. The lowest BCUT2D eigenvalue weighted by atomic mass is 9.88. The van der Waals surface area contributed by atoms with E-state index in [0.717, 1.165) is 24.0 Å². The number of benzene rings is 2. The summed E-state index contributed by atoms with van der Waals surface area (Å²) in [6.45, 7) is 0. The van der Waals surface area contributed by atoms with Crippen LogP contribution in [0.1, 0.15) is 23.1 Å². The van der Waals surface area contributed by atoms with E-state index in [-0.39, 0.29) is 0 Å². The predicted molar refractivity (Wildman–Crippen MR) is 65.7 cm³/mol. The molecule has 86 valence electrons. The van der Waals surface area contributed by atoms with Gasteiger partial charge in [-0.15, -0.1) is 0 Å². The van der Waals surface area contributed by atoms with Crippen LogP contribution in [0.3, 0.4) is 0 Å². The minimum absolute atomic E-state index is 0.683. The van der Waals surface area contributed by atoms with Gasteiger partial charge in [-0.3, -0.25) is 5.26 Å². The molecule has 2 nitrogen and oxygen atoms in total. The quantitative estimate of drug-likeness (QED) is 0.628. The van der Waals surface area contributed by atoms with Crippen molar-refractivity contribution in [3.63, 3.8) is 0 Å². The van der Waals surface area contributed by atoms with E-state index in [9.17, 15) is 5.26 Å². The van der Waals surface area contributed by atoms with Crippen LogP contribution in [0.2, 0.25) is 0 Å². The molecule has 3 rings (SSSR count). The molecule has 1 aliphatic rings. The molecule has 2 aromatic rings. The topological polar surface area (TPSA) is 29.5 Å². The van der Waals surface area contributed by atoms with Crippen molar-refractivity contribution in [2.75, 3.05) is 0 Å². The highest BCUT2D eigenvalue weighted by molar-refractivity contribution is 5.45. The maximum atomic E-state index is 9.42. The van der Waals surface area contributed by atoms with Crippen LogP contribution in [0.5, 0.6) is 0 Å². The number of hydrogen-bond acceptors (Lipinski definition) is 2. The zero-order valence-electron chi connectivity index (χ0n) is 9.47. The highest BCUT2D eigenvalue weighted by Crippen LogP contribution is 2.44. The number of hydrogen-bond donors (Lipinski definition) is 1. The fourth-order valence-electron chi connectivity index (χ4n) is 2.73. The molecule has 0 radical (unpaired) electrons. The summed E-state index contributed by atoms with van der Waals surface area (Å²) < 4.78 is 0. The Morgan fingerprint density at radius 1 is 0.941 bits per heavy atom. The highest BCUT2D eigenvalue weighted by Gasteiger charge is 2.41. The lowest BCUT2D eigenvalue weighted by molar-refractivity contribution is -0.314. The molecule has 0 fully saturated rings. The summed E-state index contributed by atoms with van der Waals surface area (Å²) in [6, 6.07) is 18.0. The monoisotopic (exact) mass is 226 g/mol. The van der Waals surface area contributed by atoms with Crippen molar-refractivity contribution in [3.05, 3.63) is 71.3 Å². The fourth-order valence-corrected chi connectivity index (χ4v) is 2.73. The van der Waals surface area contributed by atoms with Gasteiger partial charge in [-0.2, -0.15) is 0 Å². The molecule has 0 aromatic heterocycles. The molecule has 0 aliphatic heterocycles. The molecule has 0 bridgehead atoms. The van der Waals surface area contributed by atoms with E-state index in [1.807, 2.05) is 48.5 Å². The molecule has 0 amide bonds. The van der Waals surface area contributed by atoms with Gasteiger partial charge < -0.3 is 0 Å². The SMILES string of the molecule is OOC1(c2ccccc2)CCc2ccccc21. The van der Waals surface area contributed by atoms with Gasteiger partial charge in [-0.1, -0.05) is 54.6 Å². The van der Waals surface area contributed by atoms with Gasteiger partial charge in [0, 0.05) is 0 Å². The van der Waals surface area contributed by atoms with Gasteiger partial charge in [0.1, 0.15) is 0 Å². The molecule has 0 spiro atoms. The van der Waals surface area contributed by atoms with E-state index >= 15 is 0 Å². The first kappa shape index (κ1) is 10.5. The van der Waals surface area contributed by atoms with Crippen LogP contribution in [-0.2, 0) is 16.9 Å². The molecule has 17 heavy (non-hydrogen) atoms. The largest absolute Gasteiger partial charge is 0.251 e. The Kier molecular flexibility index (Phi) is 2.46. The van der Waals surface area contributed by atoms with E-state index in [4.69, 9.17) is 4.89 Å². The summed E-state index contributed by atoms with van der Waals surface area (Å²) >= 11 is 0. The maximum Gasteiger partial charge on any atom is 0.154 e. The second-order valence-corrected chi connectivity index (χ2v) is 4.44. The lowest BCUT2D eigenvalue weighted by Gasteiger charge is -2.27. The Hall–Kier alpha value is -1.64. The zero-order chi connectivity index (χ0) is 11.7. The molecule has 0 saturated heterocycles. The summed E-state index contributed by atoms with van der Waals surface area (Å²) in [4.78, 5) is 4.91. The molecule has 1 aliphatic carbocycles. The number of aryl methyl sites for hydroxylation is 1. The van der Waals surface area contributed by atoms with E-state index in [1.165, 1.54) is 5.56 Å². The van der Waals surface area contributed by atoms with Gasteiger partial charge in [0.25, 0.3) is 0 Å². The Balaban J connectivity index is 2.18. The van der Waals surface area contributed by atoms with Crippen LogP contribution < -0.4 is 0 Å². The third-order valence-electron chi connectivity index (χ3n) is 3.59. The van der Waals surface area contributed by atoms with Crippen molar-refractivity contribution in [2.45, 2.75) is 18.4 Å². The molecule has 2 heteroatoms. The van der Waals surface area contributed by atoms with E-state index in [0.29, 0.717) is 0 Å². The molecular weight excluding hydrogens is 212 g/mol. The van der Waals surface area contributed by atoms with Gasteiger partial charge in [-0.05, 0) is 29.5 Å². The van der Waals surface area contributed by atoms with Crippen molar-refractivity contribution >= 4 is 0 Å². The Morgan fingerprint density at radius 3 is 2.41 bits per heavy atom. The Morgan fingerprint density at radius 2 is 1.65 bits per heavy atom. The van der Waals surface area contributed by atoms with Gasteiger partial charge in [-0.25, -0.2) is 4.89 Å². The van der Waals surface area contributed by atoms with Crippen LogP contribution in [0.15, 0.2) is 54.6 Å². The molecule has 1 unspecified atom stereocenters. The minimum atomic E-state index is -0.683. The highest BCUT2D eigenvalue weighted by atomic mass is 17.1. The normalized spacial score (nSPS) is 22.4. The van der Waals surface area contributed by atoms with E-state index in [2.05, 4.69) is 6.07 Å².